The lowest BCUT2D eigenvalue weighted by Gasteiger charge is -2.33. The van der Waals surface area contributed by atoms with Crippen molar-refractivity contribution in [2.24, 2.45) is 0 Å². The van der Waals surface area contributed by atoms with Crippen molar-refractivity contribution < 1.29 is 9.18 Å². The molecule has 8 heteroatoms. The number of hydrogen-bond acceptors (Lipinski definition) is 5. The van der Waals surface area contributed by atoms with Crippen LogP contribution in [0.5, 0.6) is 0 Å². The summed E-state index contributed by atoms with van der Waals surface area (Å²) in [4.78, 5) is 28.7. The summed E-state index contributed by atoms with van der Waals surface area (Å²) in [5.41, 5.74) is 2.24. The van der Waals surface area contributed by atoms with Crippen molar-refractivity contribution >= 4 is 40.0 Å². The van der Waals surface area contributed by atoms with E-state index in [1.54, 1.807) is 24.5 Å². The van der Waals surface area contributed by atoms with Crippen LogP contribution in [0.15, 0.2) is 54.9 Å². The first-order valence-corrected chi connectivity index (χ1v) is 12.5. The van der Waals surface area contributed by atoms with E-state index in [9.17, 15) is 9.18 Å². The molecule has 1 aromatic carbocycles. The molecule has 4 rings (SSSR count). The Balaban J connectivity index is 1.64. The first kappa shape index (κ1) is 23.5. The van der Waals surface area contributed by atoms with Crippen molar-refractivity contribution in [2.75, 3.05) is 18.4 Å². The Hall–Kier alpha value is -2.62. The van der Waals surface area contributed by atoms with Crippen molar-refractivity contribution in [2.45, 2.75) is 42.4 Å². The first-order chi connectivity index (χ1) is 16.0. The Morgan fingerprint density at radius 2 is 2.15 bits per heavy atom. The summed E-state index contributed by atoms with van der Waals surface area (Å²) in [5, 5.41) is 3.21. The van der Waals surface area contributed by atoms with Gasteiger partial charge in [-0.15, -0.1) is 0 Å². The van der Waals surface area contributed by atoms with Crippen LogP contribution in [-0.2, 0) is 4.79 Å². The van der Waals surface area contributed by atoms with Gasteiger partial charge in [-0.1, -0.05) is 42.0 Å². The summed E-state index contributed by atoms with van der Waals surface area (Å²) in [6, 6.07) is 12.0. The lowest BCUT2D eigenvalue weighted by Crippen LogP contribution is -2.43. The number of nitrogens with zero attached hydrogens (tertiary/aromatic N) is 4. The van der Waals surface area contributed by atoms with Crippen LogP contribution >= 0.6 is 22.6 Å². The van der Waals surface area contributed by atoms with Crippen LogP contribution < -0.4 is 5.32 Å². The van der Waals surface area contributed by atoms with E-state index < -0.39 is 0 Å². The lowest BCUT2D eigenvalue weighted by atomic mass is 9.96. The second-order valence-electron chi connectivity index (χ2n) is 8.25. The number of carbonyl (C=O) groups is 1. The largest absolute Gasteiger partial charge is 0.341 e. The fraction of sp³-hybridized carbons (Fsp3) is 0.360. The maximum atomic E-state index is 13.7. The van der Waals surface area contributed by atoms with Gasteiger partial charge in [-0.25, -0.2) is 14.4 Å². The van der Waals surface area contributed by atoms with Gasteiger partial charge in [0.2, 0.25) is 5.91 Å². The molecule has 0 spiro atoms. The average Bonchev–Trinajstić information content (AvgIpc) is 2.84. The topological polar surface area (TPSA) is 71.0 Å². The molecule has 1 aliphatic heterocycles. The molecule has 1 N–H and O–H groups in total. The van der Waals surface area contributed by atoms with Crippen molar-refractivity contribution in [3.05, 3.63) is 66.5 Å². The Labute approximate surface area is 207 Å². The summed E-state index contributed by atoms with van der Waals surface area (Å²) in [7, 11) is 0. The van der Waals surface area contributed by atoms with Gasteiger partial charge in [-0.3, -0.25) is 9.78 Å². The second kappa shape index (κ2) is 11.0. The van der Waals surface area contributed by atoms with Crippen LogP contribution in [0.4, 0.5) is 15.9 Å². The fourth-order valence-corrected chi connectivity index (χ4v) is 5.07. The zero-order chi connectivity index (χ0) is 23.2. The van der Waals surface area contributed by atoms with E-state index in [0.717, 1.165) is 43.5 Å². The average molecular weight is 559 g/mol. The number of aromatic nitrogens is 3. The fourth-order valence-electron chi connectivity index (χ4n) is 4.05. The summed E-state index contributed by atoms with van der Waals surface area (Å²) >= 11 is 2.26. The molecular weight excluding hydrogens is 532 g/mol. The second-order valence-corrected chi connectivity index (χ2v) is 9.76. The van der Waals surface area contributed by atoms with Gasteiger partial charge in [0, 0.05) is 48.7 Å². The number of piperidine rings is 1. The molecule has 0 bridgehead atoms. The molecule has 2 atom stereocenters. The van der Waals surface area contributed by atoms with E-state index in [-0.39, 0.29) is 21.6 Å². The van der Waals surface area contributed by atoms with Gasteiger partial charge in [0.15, 0.2) is 0 Å². The number of nitrogens with one attached hydrogen (secondary N) is 1. The number of benzene rings is 1. The van der Waals surface area contributed by atoms with E-state index in [2.05, 4.69) is 39.8 Å². The van der Waals surface area contributed by atoms with Crippen LogP contribution in [0.2, 0.25) is 0 Å². The first-order valence-electron chi connectivity index (χ1n) is 11.3. The number of alkyl halides is 1. The van der Waals surface area contributed by atoms with Gasteiger partial charge in [-0.05, 0) is 49.6 Å². The zero-order valence-corrected chi connectivity index (χ0v) is 20.7. The predicted octanol–water partition coefficient (Wildman–Crippen LogP) is 5.73. The van der Waals surface area contributed by atoms with Crippen LogP contribution in [0.25, 0.3) is 11.3 Å². The van der Waals surface area contributed by atoms with Gasteiger partial charge >= 0.3 is 0 Å². The number of pyridine rings is 1. The van der Waals surface area contributed by atoms with E-state index in [4.69, 9.17) is 9.97 Å². The summed E-state index contributed by atoms with van der Waals surface area (Å²) in [6.07, 6.45) is 7.19. The number of carbonyl (C=O) groups excluding carboxylic acids is 1. The summed E-state index contributed by atoms with van der Waals surface area (Å²) in [6.45, 7) is 3.48. The molecule has 1 saturated heterocycles. The molecule has 1 aliphatic rings. The van der Waals surface area contributed by atoms with Crippen molar-refractivity contribution in [3.8, 4) is 11.3 Å². The van der Waals surface area contributed by atoms with Crippen molar-refractivity contribution in [1.82, 2.24) is 19.9 Å². The van der Waals surface area contributed by atoms with Crippen molar-refractivity contribution in [3.63, 3.8) is 0 Å². The van der Waals surface area contributed by atoms with Gasteiger partial charge in [0.05, 0.1) is 9.62 Å². The van der Waals surface area contributed by atoms with E-state index in [1.165, 1.54) is 12.1 Å². The normalized spacial score (nSPS) is 16.9. The third-order valence-corrected chi connectivity index (χ3v) is 6.86. The Morgan fingerprint density at radius 3 is 2.91 bits per heavy atom. The molecule has 2 unspecified atom stereocenters. The quantitative estimate of drug-likeness (QED) is 0.296. The SMILES string of the molecule is CCCC(I)C(=O)N1CCCC(c2nc(Nc3cccc(F)c3)cc(-c3cccnc3)n2)C1. The smallest absolute Gasteiger partial charge is 0.235 e. The van der Waals surface area contributed by atoms with Crippen LogP contribution in [0.3, 0.4) is 0 Å². The molecule has 2 aromatic heterocycles. The highest BCUT2D eigenvalue weighted by Gasteiger charge is 2.29. The molecule has 0 radical (unpaired) electrons. The number of likely N-dealkylation sites (tertiary alicyclic amines) is 1. The van der Waals surface area contributed by atoms with E-state index in [1.807, 2.05) is 23.1 Å². The monoisotopic (exact) mass is 559 g/mol. The Morgan fingerprint density at radius 1 is 1.27 bits per heavy atom. The molecule has 6 nitrogen and oxygen atoms in total. The molecule has 1 amide bonds. The molecule has 33 heavy (non-hydrogen) atoms. The minimum absolute atomic E-state index is 0.000740. The van der Waals surface area contributed by atoms with Crippen molar-refractivity contribution in [1.29, 1.82) is 0 Å². The Kier molecular flexibility index (Phi) is 7.85. The highest BCUT2D eigenvalue weighted by molar-refractivity contribution is 14.1. The summed E-state index contributed by atoms with van der Waals surface area (Å²) < 4.78 is 13.7. The van der Waals surface area contributed by atoms with Crippen LogP contribution in [0.1, 0.15) is 44.3 Å². The molecular formula is C25H27FIN5O. The third-order valence-electron chi connectivity index (χ3n) is 5.71. The number of rotatable bonds is 7. The number of hydrogen-bond donors (Lipinski definition) is 1. The lowest BCUT2D eigenvalue weighted by molar-refractivity contribution is -0.131. The molecule has 0 saturated carbocycles. The van der Waals surface area contributed by atoms with E-state index >= 15 is 0 Å². The highest BCUT2D eigenvalue weighted by atomic mass is 127. The standard InChI is InChI=1S/C25H27FIN5O/c1-2-6-21(27)25(33)32-12-5-8-18(16-32)24-30-22(17-7-4-11-28-15-17)14-23(31-24)29-20-10-3-9-19(26)13-20/h3-4,7,9-11,13-15,18,21H,2,5-6,8,12,16H2,1H3,(H,29,30,31). The summed E-state index contributed by atoms with van der Waals surface area (Å²) in [5.74, 6) is 1.20. The third kappa shape index (κ3) is 6.04. The zero-order valence-electron chi connectivity index (χ0n) is 18.5. The van der Waals surface area contributed by atoms with Gasteiger partial charge in [-0.2, -0.15) is 0 Å². The maximum Gasteiger partial charge on any atom is 0.235 e. The van der Waals surface area contributed by atoms with Gasteiger partial charge < -0.3 is 10.2 Å². The number of amides is 1. The van der Waals surface area contributed by atoms with Crippen LogP contribution in [0, 0.1) is 5.82 Å². The number of anilines is 2. The van der Waals surface area contributed by atoms with Crippen LogP contribution in [-0.4, -0.2) is 42.8 Å². The Bertz CT molecular complexity index is 1100. The maximum absolute atomic E-state index is 13.7. The van der Waals surface area contributed by atoms with Gasteiger partial charge in [0.25, 0.3) is 0 Å². The molecule has 3 heterocycles. The van der Waals surface area contributed by atoms with Gasteiger partial charge in [0.1, 0.15) is 17.5 Å². The molecule has 0 aliphatic carbocycles. The molecule has 172 valence electrons. The number of halogens is 2. The molecule has 1 fully saturated rings. The van der Waals surface area contributed by atoms with E-state index in [0.29, 0.717) is 23.9 Å². The highest BCUT2D eigenvalue weighted by Crippen LogP contribution is 2.30. The molecule has 3 aromatic rings. The minimum Gasteiger partial charge on any atom is -0.341 e. The predicted molar refractivity (Wildman–Crippen MR) is 136 cm³/mol. The minimum atomic E-state index is -0.316.